The zero-order valence-electron chi connectivity index (χ0n) is 12.5. The van der Waals surface area contributed by atoms with Crippen molar-refractivity contribution in [3.8, 4) is 5.75 Å². The number of carbonyl (C=O) groups excluding carboxylic acids is 2. The molecule has 0 aliphatic carbocycles. The summed E-state index contributed by atoms with van der Waals surface area (Å²) >= 11 is 1.57. The molecule has 1 aromatic heterocycles. The number of ether oxygens (including phenoxy) is 1. The monoisotopic (exact) mass is 315 g/mol. The van der Waals surface area contributed by atoms with E-state index in [1.165, 1.54) is 11.0 Å². The van der Waals surface area contributed by atoms with Crippen LogP contribution >= 0.6 is 11.3 Å². The first-order chi connectivity index (χ1) is 10.6. The fourth-order valence-electron chi connectivity index (χ4n) is 1.65. The van der Waals surface area contributed by atoms with Gasteiger partial charge < -0.3 is 9.64 Å². The molecule has 5 heteroatoms. The summed E-state index contributed by atoms with van der Waals surface area (Å²) < 4.78 is 5.40. The molecule has 0 aliphatic rings. The van der Waals surface area contributed by atoms with Crippen molar-refractivity contribution in [3.63, 3.8) is 0 Å². The zero-order chi connectivity index (χ0) is 15.9. The minimum atomic E-state index is -0.130. The van der Waals surface area contributed by atoms with E-state index in [-0.39, 0.29) is 18.3 Å². The molecule has 4 nitrogen and oxygen atoms in total. The van der Waals surface area contributed by atoms with Crippen LogP contribution in [0.25, 0.3) is 6.08 Å². The van der Waals surface area contributed by atoms with Crippen molar-refractivity contribution in [3.05, 3.63) is 58.3 Å². The summed E-state index contributed by atoms with van der Waals surface area (Å²) in [5.74, 6) is 0.276. The highest BCUT2D eigenvalue weighted by Crippen LogP contribution is 2.16. The van der Waals surface area contributed by atoms with Gasteiger partial charge in [0, 0.05) is 24.5 Å². The van der Waals surface area contributed by atoms with E-state index in [2.05, 4.69) is 0 Å². The number of amides is 1. The Bertz CT molecular complexity index is 675. The van der Waals surface area contributed by atoms with Gasteiger partial charge in [-0.05, 0) is 35.7 Å². The van der Waals surface area contributed by atoms with Gasteiger partial charge in [0.05, 0.1) is 0 Å². The number of thiophene rings is 1. The number of hydrogen-bond acceptors (Lipinski definition) is 4. The first-order valence-electron chi connectivity index (χ1n) is 6.75. The standard InChI is InChI=1S/C17H17NO3S/c1-18(2)17(20)12-21-14-6-3-5-13(11-14)16(19)9-8-15-7-4-10-22-15/h3-11H,12H2,1-2H3/b9-8+. The van der Waals surface area contributed by atoms with Crippen molar-refractivity contribution in [2.45, 2.75) is 0 Å². The van der Waals surface area contributed by atoms with Crippen molar-refractivity contribution < 1.29 is 14.3 Å². The average molecular weight is 315 g/mol. The molecule has 0 fully saturated rings. The van der Waals surface area contributed by atoms with Crippen LogP contribution < -0.4 is 4.74 Å². The molecule has 2 aromatic rings. The van der Waals surface area contributed by atoms with E-state index >= 15 is 0 Å². The number of carbonyl (C=O) groups is 2. The van der Waals surface area contributed by atoms with Crippen LogP contribution in [0.4, 0.5) is 0 Å². The van der Waals surface area contributed by atoms with Crippen LogP contribution in [0.2, 0.25) is 0 Å². The first-order valence-corrected chi connectivity index (χ1v) is 7.63. The van der Waals surface area contributed by atoms with E-state index in [0.717, 1.165) is 4.88 Å². The average Bonchev–Trinajstić information content (AvgIpc) is 3.03. The highest BCUT2D eigenvalue weighted by molar-refractivity contribution is 7.10. The minimum Gasteiger partial charge on any atom is -0.484 e. The maximum atomic E-state index is 12.1. The maximum absolute atomic E-state index is 12.1. The molecule has 1 heterocycles. The summed E-state index contributed by atoms with van der Waals surface area (Å²) in [5.41, 5.74) is 0.530. The molecule has 22 heavy (non-hydrogen) atoms. The molecule has 1 amide bonds. The Morgan fingerprint density at radius 3 is 2.73 bits per heavy atom. The number of allylic oxidation sites excluding steroid dienone is 1. The highest BCUT2D eigenvalue weighted by atomic mass is 32.1. The van der Waals surface area contributed by atoms with Gasteiger partial charge in [-0.3, -0.25) is 9.59 Å². The van der Waals surface area contributed by atoms with Crippen LogP contribution in [-0.4, -0.2) is 37.3 Å². The van der Waals surface area contributed by atoms with Crippen molar-refractivity contribution in [2.75, 3.05) is 20.7 Å². The van der Waals surface area contributed by atoms with E-state index in [4.69, 9.17) is 4.74 Å². The summed E-state index contributed by atoms with van der Waals surface area (Å²) in [6.07, 6.45) is 3.33. The fourth-order valence-corrected chi connectivity index (χ4v) is 2.27. The molecule has 2 rings (SSSR count). The molecule has 114 valence electrons. The largest absolute Gasteiger partial charge is 0.484 e. The topological polar surface area (TPSA) is 46.6 Å². The number of rotatable bonds is 6. The van der Waals surface area contributed by atoms with Crippen LogP contribution in [0.3, 0.4) is 0 Å². The molecule has 0 N–H and O–H groups in total. The molecule has 0 radical (unpaired) electrons. The zero-order valence-corrected chi connectivity index (χ0v) is 13.3. The second kappa shape index (κ2) is 7.56. The summed E-state index contributed by atoms with van der Waals surface area (Å²) in [7, 11) is 3.34. The molecule has 0 saturated heterocycles. The van der Waals surface area contributed by atoms with E-state index in [9.17, 15) is 9.59 Å². The lowest BCUT2D eigenvalue weighted by molar-refractivity contribution is -0.130. The van der Waals surface area contributed by atoms with Crippen LogP contribution in [-0.2, 0) is 4.79 Å². The fraction of sp³-hybridized carbons (Fsp3) is 0.176. The third-order valence-corrected chi connectivity index (χ3v) is 3.76. The Labute approximate surface area is 133 Å². The second-order valence-corrected chi connectivity index (χ2v) is 5.80. The van der Waals surface area contributed by atoms with Gasteiger partial charge >= 0.3 is 0 Å². The van der Waals surface area contributed by atoms with E-state index in [0.29, 0.717) is 11.3 Å². The normalized spacial score (nSPS) is 10.6. The third kappa shape index (κ3) is 4.56. The Balaban J connectivity index is 2.01. The number of benzene rings is 1. The highest BCUT2D eigenvalue weighted by Gasteiger charge is 2.07. The SMILES string of the molecule is CN(C)C(=O)COc1cccc(C(=O)/C=C/c2cccs2)c1. The Hall–Kier alpha value is -2.40. The van der Waals surface area contributed by atoms with Gasteiger partial charge in [-0.1, -0.05) is 18.2 Å². The third-order valence-electron chi connectivity index (χ3n) is 2.92. The van der Waals surface area contributed by atoms with Gasteiger partial charge in [0.2, 0.25) is 0 Å². The number of likely N-dealkylation sites (N-methyl/N-ethyl adjacent to an activating group) is 1. The maximum Gasteiger partial charge on any atom is 0.259 e. The molecule has 0 aliphatic heterocycles. The lowest BCUT2D eigenvalue weighted by Gasteiger charge is -2.11. The molecular formula is C17H17NO3S. The van der Waals surface area contributed by atoms with Crippen LogP contribution in [0.5, 0.6) is 5.75 Å². The molecule has 0 unspecified atom stereocenters. The minimum absolute atomic E-state index is 0.0460. The predicted molar refractivity (Wildman–Crippen MR) is 88.3 cm³/mol. The quantitative estimate of drug-likeness (QED) is 0.608. The molecule has 1 aromatic carbocycles. The van der Waals surface area contributed by atoms with E-state index < -0.39 is 0 Å². The van der Waals surface area contributed by atoms with Gasteiger partial charge in [-0.15, -0.1) is 11.3 Å². The summed E-state index contributed by atoms with van der Waals surface area (Å²) in [6.45, 7) is -0.0460. The van der Waals surface area contributed by atoms with Crippen molar-refractivity contribution in [1.29, 1.82) is 0 Å². The molecule has 0 bridgehead atoms. The molecule has 0 spiro atoms. The first kappa shape index (κ1) is 16.0. The Kier molecular flexibility index (Phi) is 5.49. The number of ketones is 1. The number of hydrogen-bond donors (Lipinski definition) is 0. The van der Waals surface area contributed by atoms with Gasteiger partial charge in [0.25, 0.3) is 5.91 Å². The van der Waals surface area contributed by atoms with Gasteiger partial charge in [0.15, 0.2) is 12.4 Å². The van der Waals surface area contributed by atoms with Crippen molar-refractivity contribution in [1.82, 2.24) is 4.90 Å². The lowest BCUT2D eigenvalue weighted by Crippen LogP contribution is -2.27. The van der Waals surface area contributed by atoms with Crippen molar-refractivity contribution in [2.24, 2.45) is 0 Å². The number of nitrogens with zero attached hydrogens (tertiary/aromatic N) is 1. The van der Waals surface area contributed by atoms with Crippen molar-refractivity contribution >= 4 is 29.1 Å². The summed E-state index contributed by atoms with van der Waals surface area (Å²) in [4.78, 5) is 26.1. The summed E-state index contributed by atoms with van der Waals surface area (Å²) in [5, 5.41) is 1.96. The molecule has 0 saturated carbocycles. The van der Waals surface area contributed by atoms with Gasteiger partial charge in [-0.25, -0.2) is 0 Å². The smallest absolute Gasteiger partial charge is 0.259 e. The Morgan fingerprint density at radius 1 is 1.23 bits per heavy atom. The summed E-state index contributed by atoms with van der Waals surface area (Å²) in [6, 6.07) is 10.7. The molecular weight excluding hydrogens is 298 g/mol. The predicted octanol–water partition coefficient (Wildman–Crippen LogP) is 3.11. The molecule has 0 atom stereocenters. The Morgan fingerprint density at radius 2 is 2.05 bits per heavy atom. The lowest BCUT2D eigenvalue weighted by atomic mass is 10.1. The van der Waals surface area contributed by atoms with Gasteiger partial charge in [-0.2, -0.15) is 0 Å². The van der Waals surface area contributed by atoms with Crippen LogP contribution in [0.1, 0.15) is 15.2 Å². The second-order valence-electron chi connectivity index (χ2n) is 4.82. The van der Waals surface area contributed by atoms with Crippen LogP contribution in [0, 0.1) is 0 Å². The van der Waals surface area contributed by atoms with Crippen LogP contribution in [0.15, 0.2) is 47.9 Å². The van der Waals surface area contributed by atoms with Gasteiger partial charge in [0.1, 0.15) is 5.75 Å². The van der Waals surface area contributed by atoms with E-state index in [1.807, 2.05) is 17.5 Å². The van der Waals surface area contributed by atoms with E-state index in [1.54, 1.807) is 55.8 Å².